The highest BCUT2D eigenvalue weighted by Crippen LogP contribution is 2.39. The average Bonchev–Trinajstić information content (AvgIpc) is 2.83. The van der Waals surface area contributed by atoms with Crippen LogP contribution in [0.2, 0.25) is 5.02 Å². The van der Waals surface area contributed by atoms with Gasteiger partial charge in [-0.2, -0.15) is 13.2 Å². The molecule has 1 aromatic carbocycles. The van der Waals surface area contributed by atoms with Gasteiger partial charge in [-0.3, -0.25) is 10.2 Å². The molecule has 0 unspecified atom stereocenters. The summed E-state index contributed by atoms with van der Waals surface area (Å²) in [5.41, 5.74) is -1.03. The van der Waals surface area contributed by atoms with Crippen molar-refractivity contribution >= 4 is 17.5 Å². The molecule has 0 aliphatic carbocycles. The van der Waals surface area contributed by atoms with Crippen LogP contribution in [0.15, 0.2) is 36.0 Å². The third-order valence-corrected chi connectivity index (χ3v) is 3.83. The maximum atomic E-state index is 13.3. The fourth-order valence-corrected chi connectivity index (χ4v) is 2.45. The molecule has 23 heavy (non-hydrogen) atoms. The van der Waals surface area contributed by atoms with Crippen molar-refractivity contribution in [2.45, 2.75) is 38.1 Å². The summed E-state index contributed by atoms with van der Waals surface area (Å²) in [6, 6.07) is 5.72. The smallest absolute Gasteiger partial charge is 0.359 e. The highest BCUT2D eigenvalue weighted by Gasteiger charge is 2.61. The van der Waals surface area contributed by atoms with Crippen molar-refractivity contribution in [2.75, 3.05) is 0 Å². The summed E-state index contributed by atoms with van der Waals surface area (Å²) in [5, 5.41) is 10.3. The lowest BCUT2D eigenvalue weighted by atomic mass is 10.1. The molecule has 0 bridgehead atoms. The zero-order valence-electron chi connectivity index (χ0n) is 12.3. The third kappa shape index (κ3) is 3.30. The van der Waals surface area contributed by atoms with Crippen LogP contribution in [0.5, 0.6) is 0 Å². The van der Waals surface area contributed by atoms with Crippen molar-refractivity contribution in [1.82, 2.24) is 10.4 Å². The molecule has 4 nitrogen and oxygen atoms in total. The highest BCUT2D eigenvalue weighted by atomic mass is 35.5. The molecule has 1 aliphatic rings. The number of hydrogen-bond acceptors (Lipinski definition) is 3. The second-order valence-corrected chi connectivity index (χ2v) is 5.64. The van der Waals surface area contributed by atoms with Gasteiger partial charge in [-0.15, -0.1) is 0 Å². The number of rotatable bonds is 4. The molecule has 0 aromatic heterocycles. The van der Waals surface area contributed by atoms with Gasteiger partial charge >= 0.3 is 6.18 Å². The third-order valence-electron chi connectivity index (χ3n) is 3.50. The van der Waals surface area contributed by atoms with Crippen LogP contribution in [-0.4, -0.2) is 27.9 Å². The number of carbonyl (C=O) groups excluding carboxylic acids is 1. The Labute approximate surface area is 136 Å². The first-order valence-corrected chi connectivity index (χ1v) is 7.45. The molecule has 0 saturated heterocycles. The number of hydrogen-bond donors (Lipinski definition) is 2. The summed E-state index contributed by atoms with van der Waals surface area (Å²) in [7, 11) is 0. The minimum absolute atomic E-state index is 0.00540. The van der Waals surface area contributed by atoms with Crippen LogP contribution in [0.3, 0.4) is 0 Å². The maximum Gasteiger partial charge on any atom is 0.442 e. The Kier molecular flexibility index (Phi) is 4.91. The number of hydrazine groups is 1. The minimum Gasteiger partial charge on any atom is -0.359 e. The predicted octanol–water partition coefficient (Wildman–Crippen LogP) is 3.63. The van der Waals surface area contributed by atoms with Gasteiger partial charge in [-0.1, -0.05) is 37.1 Å². The Bertz CT molecular complexity index is 633. The first-order chi connectivity index (χ1) is 10.7. The SMILES string of the molecule is CCCCC1=C[C@@](O)(C(F)(F)F)N(C(=O)c2ccccc2Cl)N1. The lowest BCUT2D eigenvalue weighted by molar-refractivity contribution is -0.283. The van der Waals surface area contributed by atoms with Crippen molar-refractivity contribution < 1.29 is 23.1 Å². The van der Waals surface area contributed by atoms with E-state index in [4.69, 9.17) is 11.6 Å². The van der Waals surface area contributed by atoms with E-state index in [0.29, 0.717) is 18.9 Å². The predicted molar refractivity (Wildman–Crippen MR) is 79.4 cm³/mol. The Morgan fingerprint density at radius 2 is 2.04 bits per heavy atom. The zero-order chi connectivity index (χ0) is 17.3. The minimum atomic E-state index is -5.05. The summed E-state index contributed by atoms with van der Waals surface area (Å²) < 4.78 is 39.9. The number of allylic oxidation sites excluding steroid dienone is 1. The summed E-state index contributed by atoms with van der Waals surface area (Å²) in [6.45, 7) is 1.89. The molecule has 1 atom stereocenters. The molecule has 126 valence electrons. The van der Waals surface area contributed by atoms with Crippen LogP contribution in [0, 0.1) is 0 Å². The largest absolute Gasteiger partial charge is 0.442 e. The number of halogens is 4. The van der Waals surface area contributed by atoms with Gasteiger partial charge in [0, 0.05) is 5.70 Å². The first-order valence-electron chi connectivity index (χ1n) is 7.07. The van der Waals surface area contributed by atoms with Crippen LogP contribution >= 0.6 is 11.6 Å². The Balaban J connectivity index is 2.37. The van der Waals surface area contributed by atoms with Crippen LogP contribution in [-0.2, 0) is 0 Å². The van der Waals surface area contributed by atoms with Crippen molar-refractivity contribution in [1.29, 1.82) is 0 Å². The van der Waals surface area contributed by atoms with Crippen LogP contribution in [0.4, 0.5) is 13.2 Å². The summed E-state index contributed by atoms with van der Waals surface area (Å²) in [6.07, 6.45) is -2.73. The molecule has 2 rings (SSSR count). The first kappa shape index (κ1) is 17.6. The van der Waals surface area contributed by atoms with E-state index in [2.05, 4.69) is 5.43 Å². The fourth-order valence-electron chi connectivity index (χ4n) is 2.23. The quantitative estimate of drug-likeness (QED) is 0.873. The van der Waals surface area contributed by atoms with E-state index in [9.17, 15) is 23.1 Å². The van der Waals surface area contributed by atoms with Crippen molar-refractivity contribution in [3.63, 3.8) is 0 Å². The molecule has 1 amide bonds. The van der Waals surface area contributed by atoms with Gasteiger partial charge in [0.25, 0.3) is 11.6 Å². The van der Waals surface area contributed by atoms with Crippen molar-refractivity contribution in [2.24, 2.45) is 0 Å². The number of alkyl halides is 3. The number of amides is 1. The van der Waals surface area contributed by atoms with E-state index >= 15 is 0 Å². The maximum absolute atomic E-state index is 13.3. The van der Waals surface area contributed by atoms with E-state index in [0.717, 1.165) is 6.42 Å². The number of carbonyl (C=O) groups is 1. The lowest BCUT2D eigenvalue weighted by Gasteiger charge is -2.33. The Morgan fingerprint density at radius 3 is 2.61 bits per heavy atom. The molecule has 1 heterocycles. The number of benzene rings is 1. The highest BCUT2D eigenvalue weighted by molar-refractivity contribution is 6.33. The molecule has 0 spiro atoms. The lowest BCUT2D eigenvalue weighted by Crippen LogP contribution is -2.60. The summed E-state index contributed by atoms with van der Waals surface area (Å²) in [4.78, 5) is 12.4. The van der Waals surface area contributed by atoms with E-state index in [1.165, 1.54) is 18.2 Å². The van der Waals surface area contributed by atoms with Crippen molar-refractivity contribution in [3.05, 3.63) is 46.6 Å². The van der Waals surface area contributed by atoms with Gasteiger partial charge in [-0.25, -0.2) is 5.01 Å². The van der Waals surface area contributed by atoms with Crippen LogP contribution in [0.1, 0.15) is 36.5 Å². The molecule has 8 heteroatoms. The molecular formula is C15H16ClF3N2O2. The molecule has 0 fully saturated rings. The van der Waals surface area contributed by atoms with Crippen molar-refractivity contribution in [3.8, 4) is 0 Å². The van der Waals surface area contributed by atoms with E-state index in [1.54, 1.807) is 6.07 Å². The average molecular weight is 349 g/mol. The zero-order valence-corrected chi connectivity index (χ0v) is 13.1. The normalized spacial score (nSPS) is 21.1. The van der Waals surface area contributed by atoms with E-state index in [-0.39, 0.29) is 21.3 Å². The second kappa shape index (κ2) is 6.41. The van der Waals surface area contributed by atoms with Crippen LogP contribution < -0.4 is 5.43 Å². The van der Waals surface area contributed by atoms with Gasteiger partial charge in [0.1, 0.15) is 0 Å². The number of nitrogens with zero attached hydrogens (tertiary/aromatic N) is 1. The molecule has 0 radical (unpaired) electrons. The number of nitrogens with one attached hydrogen (secondary N) is 1. The van der Waals surface area contributed by atoms with E-state index in [1.807, 2.05) is 6.92 Å². The molecular weight excluding hydrogens is 333 g/mol. The standard InChI is InChI=1S/C15H16ClF3N2O2/c1-2-3-6-10-9-14(23,15(17,18)19)21(20-10)13(22)11-7-4-5-8-12(11)16/h4-5,7-9,20,23H,2-3,6H2,1H3/t14-/m1/s1. The number of unbranched alkanes of at least 4 members (excludes halogenated alkanes) is 1. The number of aliphatic hydroxyl groups is 1. The summed E-state index contributed by atoms with van der Waals surface area (Å²) in [5.74, 6) is -1.06. The van der Waals surface area contributed by atoms with Gasteiger partial charge in [0.2, 0.25) is 0 Å². The van der Waals surface area contributed by atoms with Gasteiger partial charge in [-0.05, 0) is 31.1 Å². The van der Waals surface area contributed by atoms with E-state index < -0.39 is 17.8 Å². The molecule has 2 N–H and O–H groups in total. The topological polar surface area (TPSA) is 52.6 Å². The van der Waals surface area contributed by atoms with Gasteiger partial charge in [0.15, 0.2) is 0 Å². The molecule has 1 aliphatic heterocycles. The Hall–Kier alpha value is -1.73. The summed E-state index contributed by atoms with van der Waals surface area (Å²) >= 11 is 5.87. The van der Waals surface area contributed by atoms with Gasteiger partial charge in [0.05, 0.1) is 10.6 Å². The molecule has 1 aromatic rings. The monoisotopic (exact) mass is 348 g/mol. The van der Waals surface area contributed by atoms with Crippen LogP contribution in [0.25, 0.3) is 0 Å². The Morgan fingerprint density at radius 1 is 1.39 bits per heavy atom. The molecule has 0 saturated carbocycles. The fraction of sp³-hybridized carbons (Fsp3) is 0.400. The second-order valence-electron chi connectivity index (χ2n) is 5.23. The van der Waals surface area contributed by atoms with Gasteiger partial charge < -0.3 is 5.11 Å².